The molecule has 0 bridgehead atoms. The van der Waals surface area contributed by atoms with Gasteiger partial charge in [0.15, 0.2) is 0 Å². The number of hydrogen-bond acceptors (Lipinski definition) is 2. The lowest BCUT2D eigenvalue weighted by molar-refractivity contribution is 0.320. The van der Waals surface area contributed by atoms with Crippen molar-refractivity contribution in [1.29, 1.82) is 0 Å². The summed E-state index contributed by atoms with van der Waals surface area (Å²) in [5, 5.41) is 4.68. The van der Waals surface area contributed by atoms with Crippen LogP contribution in [0.1, 0.15) is 69.6 Å². The summed E-state index contributed by atoms with van der Waals surface area (Å²) in [6.07, 6.45) is 2.44. The number of thioether (sulfide) groups is 1. The predicted molar refractivity (Wildman–Crippen MR) is 122 cm³/mol. The molecular formula is C26H33NS. The molecule has 1 fully saturated rings. The van der Waals surface area contributed by atoms with Crippen molar-refractivity contribution in [2.45, 2.75) is 75.5 Å². The van der Waals surface area contributed by atoms with Gasteiger partial charge in [0.1, 0.15) is 0 Å². The largest absolute Gasteiger partial charge is 0.381 e. The van der Waals surface area contributed by atoms with Crippen molar-refractivity contribution in [3.05, 3.63) is 59.2 Å². The van der Waals surface area contributed by atoms with Crippen LogP contribution in [0.5, 0.6) is 0 Å². The monoisotopic (exact) mass is 391 g/mol. The fraction of sp³-hybridized carbons (Fsp3) is 0.538. The van der Waals surface area contributed by atoms with E-state index in [4.69, 9.17) is 0 Å². The summed E-state index contributed by atoms with van der Waals surface area (Å²) in [6.45, 7) is 12.1. The Bertz CT molecular complexity index is 896. The first-order valence-electron chi connectivity index (χ1n) is 11.0. The molecule has 1 saturated carbocycles. The zero-order valence-electron chi connectivity index (χ0n) is 17.8. The number of benzene rings is 2. The highest BCUT2D eigenvalue weighted by Gasteiger charge is 2.52. The highest BCUT2D eigenvalue weighted by molar-refractivity contribution is 8.00. The molecule has 2 heterocycles. The molecule has 5 rings (SSSR count). The Balaban J connectivity index is 1.56. The maximum atomic E-state index is 4.01. The molecule has 2 aromatic carbocycles. The third-order valence-corrected chi connectivity index (χ3v) is 9.30. The van der Waals surface area contributed by atoms with Crippen LogP contribution in [0.25, 0.3) is 0 Å². The molecule has 1 N–H and O–H groups in total. The smallest absolute Gasteiger partial charge is 0.0411 e. The molecule has 0 radical (unpaired) electrons. The van der Waals surface area contributed by atoms with Crippen LogP contribution in [0.4, 0.5) is 5.69 Å². The molecule has 1 nitrogen and oxygen atoms in total. The van der Waals surface area contributed by atoms with Gasteiger partial charge >= 0.3 is 0 Å². The molecule has 6 atom stereocenters. The Labute approximate surface area is 174 Å². The molecule has 0 aromatic heterocycles. The van der Waals surface area contributed by atoms with E-state index < -0.39 is 0 Å². The molecule has 0 amide bonds. The van der Waals surface area contributed by atoms with Crippen LogP contribution < -0.4 is 5.32 Å². The van der Waals surface area contributed by atoms with Gasteiger partial charge in [-0.05, 0) is 52.8 Å². The van der Waals surface area contributed by atoms with Crippen LogP contribution in [0.3, 0.4) is 0 Å². The van der Waals surface area contributed by atoms with E-state index in [2.05, 4.69) is 94.2 Å². The summed E-state index contributed by atoms with van der Waals surface area (Å²) < 4.78 is 0. The number of para-hydroxylation sites is 1. The van der Waals surface area contributed by atoms with Crippen LogP contribution in [0, 0.1) is 17.3 Å². The average Bonchev–Trinajstić information content (AvgIpc) is 3.15. The van der Waals surface area contributed by atoms with Gasteiger partial charge in [-0.3, -0.25) is 0 Å². The lowest BCUT2D eigenvalue weighted by Gasteiger charge is -2.39. The van der Waals surface area contributed by atoms with Gasteiger partial charge < -0.3 is 5.32 Å². The molecule has 0 saturated heterocycles. The molecular weight excluding hydrogens is 358 g/mol. The standard InChI is InChI=1S/C26H33NS/c1-15-16(2)23(25-22(15)18-10-6-7-12-20(18)28-25)19-11-8-9-17-13-14-21(26(3,4)5)27-24(17)19/h6-12,15-16,21-23,25,27H,13-14H2,1-5H3. The Hall–Kier alpha value is -1.41. The number of fused-ring (bicyclic) bond motifs is 4. The molecule has 2 heteroatoms. The quantitative estimate of drug-likeness (QED) is 0.557. The predicted octanol–water partition coefficient (Wildman–Crippen LogP) is 7.09. The van der Waals surface area contributed by atoms with Gasteiger partial charge in [0.05, 0.1) is 0 Å². The van der Waals surface area contributed by atoms with Gasteiger partial charge in [-0.15, -0.1) is 11.8 Å². The summed E-state index contributed by atoms with van der Waals surface area (Å²) >= 11 is 2.15. The molecule has 2 aliphatic heterocycles. The van der Waals surface area contributed by atoms with Gasteiger partial charge in [0.25, 0.3) is 0 Å². The molecule has 0 spiro atoms. The summed E-state index contributed by atoms with van der Waals surface area (Å²) in [7, 11) is 0. The molecule has 28 heavy (non-hydrogen) atoms. The van der Waals surface area contributed by atoms with Crippen LogP contribution in [0.15, 0.2) is 47.4 Å². The fourth-order valence-electron chi connectivity index (χ4n) is 6.03. The number of rotatable bonds is 1. The van der Waals surface area contributed by atoms with Crippen molar-refractivity contribution in [1.82, 2.24) is 0 Å². The van der Waals surface area contributed by atoms with Gasteiger partial charge in [-0.1, -0.05) is 71.0 Å². The minimum Gasteiger partial charge on any atom is -0.381 e. The van der Waals surface area contributed by atoms with Crippen LogP contribution in [-0.2, 0) is 6.42 Å². The van der Waals surface area contributed by atoms with Crippen molar-refractivity contribution in [3.8, 4) is 0 Å². The summed E-state index contributed by atoms with van der Waals surface area (Å²) in [4.78, 5) is 1.52. The molecule has 148 valence electrons. The van der Waals surface area contributed by atoms with Gasteiger partial charge in [-0.25, -0.2) is 0 Å². The SMILES string of the molecule is CC1C(C)C(c2cccc3c2NC(C(C)(C)C)CC3)C2Sc3ccccc3C12. The van der Waals surface area contributed by atoms with E-state index in [1.54, 1.807) is 11.1 Å². The lowest BCUT2D eigenvalue weighted by Crippen LogP contribution is -2.38. The van der Waals surface area contributed by atoms with E-state index in [9.17, 15) is 0 Å². The molecule has 3 aliphatic rings. The number of nitrogens with one attached hydrogen (secondary N) is 1. The Morgan fingerprint density at radius 1 is 0.893 bits per heavy atom. The summed E-state index contributed by atoms with van der Waals surface area (Å²) in [6, 6.07) is 16.8. The van der Waals surface area contributed by atoms with E-state index >= 15 is 0 Å². The molecule has 6 unspecified atom stereocenters. The van der Waals surface area contributed by atoms with E-state index in [0.29, 0.717) is 34.5 Å². The third kappa shape index (κ3) is 2.75. The van der Waals surface area contributed by atoms with Gasteiger partial charge in [-0.2, -0.15) is 0 Å². The maximum Gasteiger partial charge on any atom is 0.0411 e. The second-order valence-corrected chi connectivity index (χ2v) is 11.6. The minimum absolute atomic E-state index is 0.292. The highest BCUT2D eigenvalue weighted by atomic mass is 32.2. The van der Waals surface area contributed by atoms with Crippen LogP contribution in [-0.4, -0.2) is 11.3 Å². The first kappa shape index (κ1) is 18.6. The van der Waals surface area contributed by atoms with Crippen molar-refractivity contribution in [2.75, 3.05) is 5.32 Å². The van der Waals surface area contributed by atoms with Gasteiger partial charge in [0.2, 0.25) is 0 Å². The summed E-state index contributed by atoms with van der Waals surface area (Å²) in [5.74, 6) is 2.75. The normalized spacial score (nSPS) is 33.8. The van der Waals surface area contributed by atoms with Crippen molar-refractivity contribution < 1.29 is 0 Å². The van der Waals surface area contributed by atoms with Crippen LogP contribution in [0.2, 0.25) is 0 Å². The first-order valence-corrected chi connectivity index (χ1v) is 11.9. The Kier molecular flexibility index (Phi) is 4.36. The first-order chi connectivity index (χ1) is 13.4. The molecule has 2 aromatic rings. The van der Waals surface area contributed by atoms with E-state index in [0.717, 1.165) is 5.92 Å². The Morgan fingerprint density at radius 2 is 1.57 bits per heavy atom. The minimum atomic E-state index is 0.292. The third-order valence-electron chi connectivity index (χ3n) is 7.82. The Morgan fingerprint density at radius 3 is 2.32 bits per heavy atom. The average molecular weight is 392 g/mol. The van der Waals surface area contributed by atoms with Crippen LogP contribution >= 0.6 is 11.8 Å². The van der Waals surface area contributed by atoms with E-state index in [1.807, 2.05) is 0 Å². The lowest BCUT2D eigenvalue weighted by atomic mass is 9.78. The topological polar surface area (TPSA) is 12.0 Å². The van der Waals surface area contributed by atoms with E-state index in [-0.39, 0.29) is 0 Å². The zero-order valence-corrected chi connectivity index (χ0v) is 18.6. The second kappa shape index (κ2) is 6.55. The van der Waals surface area contributed by atoms with Crippen molar-refractivity contribution in [2.24, 2.45) is 17.3 Å². The number of hydrogen-bond donors (Lipinski definition) is 1. The fourth-order valence-corrected chi connectivity index (χ4v) is 7.90. The van der Waals surface area contributed by atoms with Crippen molar-refractivity contribution >= 4 is 17.4 Å². The number of anilines is 1. The number of aryl methyl sites for hydroxylation is 1. The maximum absolute atomic E-state index is 4.01. The van der Waals surface area contributed by atoms with Gasteiger partial charge in [0, 0.05) is 33.7 Å². The second-order valence-electron chi connectivity index (χ2n) is 10.4. The highest BCUT2D eigenvalue weighted by Crippen LogP contribution is 2.63. The zero-order chi connectivity index (χ0) is 19.6. The van der Waals surface area contributed by atoms with E-state index in [1.165, 1.54) is 29.0 Å². The summed E-state index contributed by atoms with van der Waals surface area (Å²) in [5.41, 5.74) is 6.47. The molecule has 1 aliphatic carbocycles. The van der Waals surface area contributed by atoms with Crippen molar-refractivity contribution in [3.63, 3.8) is 0 Å².